The molecule has 6 heteroatoms. The van der Waals surface area contributed by atoms with Crippen molar-refractivity contribution in [2.45, 2.75) is 18.7 Å². The molecule has 0 radical (unpaired) electrons. The van der Waals surface area contributed by atoms with Crippen LogP contribution < -0.4 is 0 Å². The van der Waals surface area contributed by atoms with Crippen LogP contribution in [0.1, 0.15) is 33.7 Å². The third-order valence-electron chi connectivity index (χ3n) is 2.11. The van der Waals surface area contributed by atoms with Gasteiger partial charge < -0.3 is 4.74 Å². The van der Waals surface area contributed by atoms with Gasteiger partial charge in [0.15, 0.2) is 0 Å². The number of halogens is 3. The molecule has 0 bridgehead atoms. The Hall–Kier alpha value is -1.04. The molecule has 0 N–H and O–H groups in total. The lowest BCUT2D eigenvalue weighted by molar-refractivity contribution is 0.0599. The van der Waals surface area contributed by atoms with Gasteiger partial charge in [0.1, 0.15) is 5.69 Å². The molecule has 0 unspecified atom stereocenters. The topological polar surface area (TPSA) is 39.2 Å². The van der Waals surface area contributed by atoms with Gasteiger partial charge in [-0.05, 0) is 18.6 Å². The number of hydrogen-bond donors (Lipinski definition) is 0. The lowest BCUT2D eigenvalue weighted by atomic mass is 10.1. The number of methoxy groups -OCH3 is 1. The molecule has 1 rings (SSSR count). The molecule has 0 aliphatic rings. The van der Waals surface area contributed by atoms with Gasteiger partial charge in [0, 0.05) is 5.33 Å². The zero-order valence-corrected chi connectivity index (χ0v) is 10.3. The maximum Gasteiger partial charge on any atom is 0.338 e. The van der Waals surface area contributed by atoms with Crippen molar-refractivity contribution in [2.75, 3.05) is 7.11 Å². The summed E-state index contributed by atoms with van der Waals surface area (Å²) in [6.07, 6.45) is -2.71. The van der Waals surface area contributed by atoms with Crippen molar-refractivity contribution < 1.29 is 18.3 Å². The minimum Gasteiger partial charge on any atom is -0.465 e. The molecule has 88 valence electrons. The molecule has 1 aromatic heterocycles. The second kappa shape index (κ2) is 5.34. The Morgan fingerprint density at radius 3 is 2.69 bits per heavy atom. The number of ether oxygens (including phenoxy) is 1. The van der Waals surface area contributed by atoms with Gasteiger partial charge in [-0.1, -0.05) is 15.9 Å². The van der Waals surface area contributed by atoms with Gasteiger partial charge in [0.25, 0.3) is 6.43 Å². The average Bonchev–Trinajstić information content (AvgIpc) is 2.28. The van der Waals surface area contributed by atoms with E-state index in [-0.39, 0.29) is 16.8 Å². The molecule has 0 atom stereocenters. The maximum absolute atomic E-state index is 12.7. The smallest absolute Gasteiger partial charge is 0.338 e. The fraction of sp³-hybridized carbons (Fsp3) is 0.400. The summed E-state index contributed by atoms with van der Waals surface area (Å²) in [5, 5.41) is 0.303. The van der Waals surface area contributed by atoms with E-state index >= 15 is 0 Å². The minimum absolute atomic E-state index is 0.127. The van der Waals surface area contributed by atoms with Crippen LogP contribution in [-0.2, 0) is 10.1 Å². The summed E-state index contributed by atoms with van der Waals surface area (Å²) >= 11 is 3.11. The molecule has 1 heterocycles. The number of carbonyl (C=O) groups excluding carboxylic acids is 1. The molecule has 0 saturated heterocycles. The van der Waals surface area contributed by atoms with Crippen LogP contribution in [0.15, 0.2) is 6.07 Å². The second-order valence-corrected chi connectivity index (χ2v) is 3.66. The summed E-state index contributed by atoms with van der Waals surface area (Å²) in [5.74, 6) is -0.635. The molecular formula is C10H10BrF2NO2. The minimum atomic E-state index is -2.71. The Balaban J connectivity index is 3.37. The quantitative estimate of drug-likeness (QED) is 0.635. The van der Waals surface area contributed by atoms with Crippen LogP contribution in [0, 0.1) is 6.92 Å². The predicted octanol–water partition coefficient (Wildman–Crippen LogP) is 3.01. The van der Waals surface area contributed by atoms with Gasteiger partial charge in [0.2, 0.25) is 0 Å². The number of carbonyl (C=O) groups is 1. The van der Waals surface area contributed by atoms with E-state index in [0.717, 1.165) is 0 Å². The van der Waals surface area contributed by atoms with E-state index in [9.17, 15) is 13.6 Å². The Kier molecular flexibility index (Phi) is 4.35. The first kappa shape index (κ1) is 13.0. The van der Waals surface area contributed by atoms with E-state index in [1.807, 2.05) is 0 Å². The Labute approximate surface area is 99.9 Å². The molecule has 0 amide bonds. The van der Waals surface area contributed by atoms with Crippen LogP contribution in [0.4, 0.5) is 8.78 Å². The van der Waals surface area contributed by atoms with E-state index in [1.54, 1.807) is 0 Å². The van der Waals surface area contributed by atoms with Crippen molar-refractivity contribution in [2.24, 2.45) is 0 Å². The van der Waals surface area contributed by atoms with Crippen LogP contribution in [0.5, 0.6) is 0 Å². The van der Waals surface area contributed by atoms with Crippen molar-refractivity contribution in [1.82, 2.24) is 4.98 Å². The molecule has 0 saturated carbocycles. The number of esters is 1. The van der Waals surface area contributed by atoms with Gasteiger partial charge in [0.05, 0.1) is 18.4 Å². The van der Waals surface area contributed by atoms with Gasteiger partial charge >= 0.3 is 5.97 Å². The Morgan fingerprint density at radius 2 is 2.25 bits per heavy atom. The SMILES string of the molecule is COC(=O)c1cc(CBr)nc(C(F)F)c1C. The van der Waals surface area contributed by atoms with Crippen molar-refractivity contribution in [3.05, 3.63) is 28.6 Å². The molecule has 1 aromatic rings. The summed E-state index contributed by atoms with van der Waals surface area (Å²) in [5.41, 5.74) is 0.285. The number of rotatable bonds is 3. The zero-order chi connectivity index (χ0) is 12.3. The number of pyridine rings is 1. The van der Waals surface area contributed by atoms with Crippen molar-refractivity contribution in [3.63, 3.8) is 0 Å². The van der Waals surface area contributed by atoms with E-state index in [2.05, 4.69) is 25.7 Å². The van der Waals surface area contributed by atoms with Crippen LogP contribution in [0.2, 0.25) is 0 Å². The average molecular weight is 294 g/mol. The number of aromatic nitrogens is 1. The van der Waals surface area contributed by atoms with Crippen LogP contribution in [0.3, 0.4) is 0 Å². The fourth-order valence-corrected chi connectivity index (χ4v) is 1.57. The largest absolute Gasteiger partial charge is 0.465 e. The summed E-state index contributed by atoms with van der Waals surface area (Å²) in [7, 11) is 1.21. The highest BCUT2D eigenvalue weighted by Crippen LogP contribution is 2.25. The highest BCUT2D eigenvalue weighted by atomic mass is 79.9. The summed E-state index contributed by atoms with van der Waals surface area (Å²) in [4.78, 5) is 15.1. The van der Waals surface area contributed by atoms with Crippen LogP contribution in [0.25, 0.3) is 0 Å². The van der Waals surface area contributed by atoms with E-state index in [1.165, 1.54) is 20.1 Å². The van der Waals surface area contributed by atoms with Crippen molar-refractivity contribution in [1.29, 1.82) is 0 Å². The molecular weight excluding hydrogens is 284 g/mol. The number of hydrogen-bond acceptors (Lipinski definition) is 3. The number of nitrogens with zero attached hydrogens (tertiary/aromatic N) is 1. The maximum atomic E-state index is 12.7. The highest BCUT2D eigenvalue weighted by molar-refractivity contribution is 9.08. The van der Waals surface area contributed by atoms with Gasteiger partial charge in [-0.25, -0.2) is 13.6 Å². The predicted molar refractivity (Wildman–Crippen MR) is 57.9 cm³/mol. The van der Waals surface area contributed by atoms with Crippen molar-refractivity contribution in [3.8, 4) is 0 Å². The van der Waals surface area contributed by atoms with Crippen molar-refractivity contribution >= 4 is 21.9 Å². The highest BCUT2D eigenvalue weighted by Gasteiger charge is 2.20. The van der Waals surface area contributed by atoms with Crippen LogP contribution >= 0.6 is 15.9 Å². The summed E-state index contributed by atoms with van der Waals surface area (Å²) < 4.78 is 29.8. The third kappa shape index (κ3) is 2.55. The van der Waals surface area contributed by atoms with Gasteiger partial charge in [-0.2, -0.15) is 0 Å². The normalized spacial score (nSPS) is 10.6. The first-order valence-corrected chi connectivity index (χ1v) is 5.56. The fourth-order valence-electron chi connectivity index (χ4n) is 1.29. The van der Waals surface area contributed by atoms with Crippen LogP contribution in [-0.4, -0.2) is 18.1 Å². The first-order chi connectivity index (χ1) is 7.51. The molecule has 16 heavy (non-hydrogen) atoms. The molecule has 0 aromatic carbocycles. The molecule has 0 aliphatic carbocycles. The Morgan fingerprint density at radius 1 is 1.62 bits per heavy atom. The standard InChI is InChI=1S/C10H10BrF2NO2/c1-5-7(10(15)16-2)3-6(4-11)14-8(5)9(12)13/h3,9H,4H2,1-2H3. The molecule has 0 spiro atoms. The van der Waals surface area contributed by atoms with E-state index in [0.29, 0.717) is 11.0 Å². The summed E-state index contributed by atoms with van der Waals surface area (Å²) in [6.45, 7) is 1.43. The lowest BCUT2D eigenvalue weighted by Gasteiger charge is -2.10. The van der Waals surface area contributed by atoms with Gasteiger partial charge in [-0.3, -0.25) is 4.98 Å². The molecule has 0 fully saturated rings. The number of alkyl halides is 3. The zero-order valence-electron chi connectivity index (χ0n) is 8.76. The van der Waals surface area contributed by atoms with E-state index < -0.39 is 12.4 Å². The summed E-state index contributed by atoms with van der Waals surface area (Å²) in [6, 6.07) is 1.45. The van der Waals surface area contributed by atoms with E-state index in [4.69, 9.17) is 0 Å². The second-order valence-electron chi connectivity index (χ2n) is 3.10. The first-order valence-electron chi connectivity index (χ1n) is 4.44. The third-order valence-corrected chi connectivity index (χ3v) is 2.69. The Bertz CT molecular complexity index is 410. The lowest BCUT2D eigenvalue weighted by Crippen LogP contribution is -2.09. The monoisotopic (exact) mass is 293 g/mol. The van der Waals surface area contributed by atoms with Gasteiger partial charge in [-0.15, -0.1) is 0 Å². The molecule has 0 aliphatic heterocycles. The molecule has 3 nitrogen and oxygen atoms in total.